The van der Waals surface area contributed by atoms with Crippen LogP contribution in [0.5, 0.6) is 0 Å². The van der Waals surface area contributed by atoms with E-state index in [1.165, 1.54) is 11.1 Å². The molecule has 0 unspecified atom stereocenters. The zero-order chi connectivity index (χ0) is 35.6. The van der Waals surface area contributed by atoms with Crippen LogP contribution in [0.15, 0.2) is 195 Å². The summed E-state index contributed by atoms with van der Waals surface area (Å²) in [5.41, 5.74) is 13.5. The average Bonchev–Trinajstić information content (AvgIpc) is 3.95. The number of hydrogen-bond acceptors (Lipinski definition) is 5. The standard InChI is InChI=1S/C49H30N2O3/c1-3-10-31(11-4-1)32-18-23-36(24-19-32)51(40-15-9-17-42-46(40)38-14-7-8-16-41(38)52-42)37-25-20-33(21-26-37)35-22-27-39-45(30-35)53-43-28-29-44-48(47(39)43)50-49(54-44)34-12-5-2-6-13-34/h1-30H. The smallest absolute Gasteiger partial charge is 0.227 e. The van der Waals surface area contributed by atoms with E-state index in [2.05, 4.69) is 120 Å². The third-order valence-corrected chi connectivity index (χ3v) is 10.3. The van der Waals surface area contributed by atoms with Crippen LogP contribution in [0.4, 0.5) is 17.1 Å². The van der Waals surface area contributed by atoms with Crippen LogP contribution in [0.25, 0.3) is 88.7 Å². The number of hydrogen-bond donors (Lipinski definition) is 0. The van der Waals surface area contributed by atoms with Gasteiger partial charge in [0.2, 0.25) is 5.89 Å². The van der Waals surface area contributed by atoms with Gasteiger partial charge < -0.3 is 18.2 Å². The van der Waals surface area contributed by atoms with Crippen molar-refractivity contribution in [1.29, 1.82) is 0 Å². The van der Waals surface area contributed by atoms with Crippen molar-refractivity contribution in [3.05, 3.63) is 182 Å². The van der Waals surface area contributed by atoms with Gasteiger partial charge in [-0.25, -0.2) is 4.98 Å². The molecule has 3 aromatic heterocycles. The Balaban J connectivity index is 1.00. The average molecular weight is 695 g/mol. The molecule has 0 spiro atoms. The second-order valence-corrected chi connectivity index (χ2v) is 13.5. The monoisotopic (exact) mass is 694 g/mol. The van der Waals surface area contributed by atoms with Crippen molar-refractivity contribution in [2.24, 2.45) is 0 Å². The summed E-state index contributed by atoms with van der Waals surface area (Å²) in [6, 6.07) is 62.8. The van der Waals surface area contributed by atoms with Gasteiger partial charge in [-0.3, -0.25) is 0 Å². The zero-order valence-electron chi connectivity index (χ0n) is 28.9. The lowest BCUT2D eigenvalue weighted by Crippen LogP contribution is -2.10. The molecule has 5 heteroatoms. The Hall–Kier alpha value is -7.37. The van der Waals surface area contributed by atoms with Gasteiger partial charge in [0.15, 0.2) is 5.58 Å². The first-order valence-corrected chi connectivity index (χ1v) is 18.0. The number of rotatable bonds is 6. The van der Waals surface area contributed by atoms with Crippen LogP contribution >= 0.6 is 0 Å². The molecule has 54 heavy (non-hydrogen) atoms. The van der Waals surface area contributed by atoms with Crippen LogP contribution in [-0.2, 0) is 0 Å². The minimum absolute atomic E-state index is 0.600. The first-order chi connectivity index (χ1) is 26.7. The molecule has 0 saturated carbocycles. The quantitative estimate of drug-likeness (QED) is 0.173. The molecule has 0 atom stereocenters. The largest absolute Gasteiger partial charge is 0.456 e. The van der Waals surface area contributed by atoms with Gasteiger partial charge in [-0.15, -0.1) is 0 Å². The number of nitrogens with zero attached hydrogens (tertiary/aromatic N) is 2. The second kappa shape index (κ2) is 12.1. The molecule has 5 nitrogen and oxygen atoms in total. The summed E-state index contributed by atoms with van der Waals surface area (Å²) >= 11 is 0. The predicted octanol–water partition coefficient (Wildman–Crippen LogP) is 14.1. The highest BCUT2D eigenvalue weighted by Crippen LogP contribution is 2.44. The van der Waals surface area contributed by atoms with E-state index in [0.29, 0.717) is 5.89 Å². The summed E-state index contributed by atoms with van der Waals surface area (Å²) < 4.78 is 18.9. The number of anilines is 3. The highest BCUT2D eigenvalue weighted by Gasteiger charge is 2.20. The predicted molar refractivity (Wildman–Crippen MR) is 220 cm³/mol. The molecular formula is C49H30N2O3. The molecule has 0 fully saturated rings. The van der Waals surface area contributed by atoms with Gasteiger partial charge in [-0.1, -0.05) is 103 Å². The lowest BCUT2D eigenvalue weighted by Gasteiger charge is -2.26. The topological polar surface area (TPSA) is 55.6 Å². The molecule has 0 aliphatic heterocycles. The number of aromatic nitrogens is 1. The SMILES string of the molecule is c1ccc(-c2ccc(N(c3ccc(-c4ccc5c(c4)oc4ccc6oc(-c7ccccc7)nc6c45)cc3)c3cccc4oc5ccccc5c34)cc2)cc1. The molecule has 8 aromatic carbocycles. The maximum atomic E-state index is 6.43. The maximum absolute atomic E-state index is 6.43. The van der Waals surface area contributed by atoms with Crippen LogP contribution in [0, 0.1) is 0 Å². The van der Waals surface area contributed by atoms with E-state index in [9.17, 15) is 0 Å². The fraction of sp³-hybridized carbons (Fsp3) is 0. The van der Waals surface area contributed by atoms with E-state index in [1.54, 1.807) is 0 Å². The lowest BCUT2D eigenvalue weighted by atomic mass is 10.0. The molecule has 0 saturated heterocycles. The van der Waals surface area contributed by atoms with Crippen LogP contribution in [0.1, 0.15) is 0 Å². The molecule has 0 aliphatic carbocycles. The molecule has 11 rings (SSSR count). The Morgan fingerprint density at radius 3 is 1.67 bits per heavy atom. The number of fused-ring (bicyclic) bond motifs is 8. The first-order valence-electron chi connectivity index (χ1n) is 18.0. The molecule has 11 aromatic rings. The van der Waals surface area contributed by atoms with Gasteiger partial charge in [-0.05, 0) is 101 Å². The Bertz CT molecular complexity index is 3140. The summed E-state index contributed by atoms with van der Waals surface area (Å²) in [7, 11) is 0. The third kappa shape index (κ3) is 4.90. The number of furan rings is 2. The van der Waals surface area contributed by atoms with Crippen LogP contribution in [0.2, 0.25) is 0 Å². The number of para-hydroxylation sites is 1. The molecule has 0 N–H and O–H groups in total. The Kier molecular flexibility index (Phi) is 6.79. The highest BCUT2D eigenvalue weighted by atomic mass is 16.4. The van der Waals surface area contributed by atoms with E-state index < -0.39 is 0 Å². The number of oxazole rings is 1. The third-order valence-electron chi connectivity index (χ3n) is 10.3. The van der Waals surface area contributed by atoms with E-state index in [-0.39, 0.29) is 0 Å². The van der Waals surface area contributed by atoms with Crippen molar-refractivity contribution in [2.45, 2.75) is 0 Å². The van der Waals surface area contributed by atoms with Crippen LogP contribution in [0.3, 0.4) is 0 Å². The van der Waals surface area contributed by atoms with Gasteiger partial charge in [0, 0.05) is 27.7 Å². The van der Waals surface area contributed by atoms with Crippen molar-refractivity contribution >= 4 is 72.0 Å². The maximum Gasteiger partial charge on any atom is 0.227 e. The van der Waals surface area contributed by atoms with Crippen molar-refractivity contribution in [3.8, 4) is 33.7 Å². The Morgan fingerprint density at radius 1 is 0.352 bits per heavy atom. The summed E-state index contributed by atoms with van der Waals surface area (Å²) in [4.78, 5) is 7.22. The van der Waals surface area contributed by atoms with E-state index in [1.807, 2.05) is 66.7 Å². The lowest BCUT2D eigenvalue weighted by molar-refractivity contribution is 0.619. The fourth-order valence-corrected chi connectivity index (χ4v) is 7.74. The van der Waals surface area contributed by atoms with Crippen molar-refractivity contribution in [1.82, 2.24) is 4.98 Å². The molecule has 254 valence electrons. The molecule has 0 bridgehead atoms. The molecule has 0 aliphatic rings. The van der Waals surface area contributed by atoms with Gasteiger partial charge in [0.05, 0.1) is 16.5 Å². The van der Waals surface area contributed by atoms with E-state index >= 15 is 0 Å². The molecule has 3 heterocycles. The fourth-order valence-electron chi connectivity index (χ4n) is 7.74. The summed E-state index contributed by atoms with van der Waals surface area (Å²) in [5, 5.41) is 4.14. The van der Waals surface area contributed by atoms with Crippen molar-refractivity contribution < 1.29 is 13.3 Å². The summed E-state index contributed by atoms with van der Waals surface area (Å²) in [6.07, 6.45) is 0. The van der Waals surface area contributed by atoms with Gasteiger partial charge >= 0.3 is 0 Å². The van der Waals surface area contributed by atoms with Gasteiger partial charge in [-0.2, -0.15) is 0 Å². The highest BCUT2D eigenvalue weighted by molar-refractivity contribution is 6.17. The van der Waals surface area contributed by atoms with E-state index in [4.69, 9.17) is 18.2 Å². The molecule has 0 amide bonds. The molecule has 0 radical (unpaired) electrons. The van der Waals surface area contributed by atoms with Gasteiger partial charge in [0.25, 0.3) is 0 Å². The summed E-state index contributed by atoms with van der Waals surface area (Å²) in [5.74, 6) is 0.600. The molecular weight excluding hydrogens is 665 g/mol. The normalized spacial score (nSPS) is 11.7. The van der Waals surface area contributed by atoms with Crippen LogP contribution in [-0.4, -0.2) is 4.98 Å². The minimum atomic E-state index is 0.600. The Morgan fingerprint density at radius 2 is 0.907 bits per heavy atom. The zero-order valence-corrected chi connectivity index (χ0v) is 28.9. The van der Waals surface area contributed by atoms with Crippen molar-refractivity contribution in [2.75, 3.05) is 4.90 Å². The Labute approximate surface area is 309 Å². The second-order valence-electron chi connectivity index (χ2n) is 13.5. The van der Waals surface area contributed by atoms with E-state index in [0.717, 1.165) is 88.7 Å². The minimum Gasteiger partial charge on any atom is -0.456 e. The van der Waals surface area contributed by atoms with Gasteiger partial charge in [0.1, 0.15) is 27.8 Å². The van der Waals surface area contributed by atoms with Crippen molar-refractivity contribution in [3.63, 3.8) is 0 Å². The number of benzene rings is 8. The summed E-state index contributed by atoms with van der Waals surface area (Å²) in [6.45, 7) is 0. The van der Waals surface area contributed by atoms with Crippen LogP contribution < -0.4 is 4.90 Å². The first kappa shape index (κ1) is 30.3.